The van der Waals surface area contributed by atoms with Crippen LogP contribution in [0.25, 0.3) is 0 Å². The highest BCUT2D eigenvalue weighted by molar-refractivity contribution is 5.88. The molecule has 0 aromatic heterocycles. The summed E-state index contributed by atoms with van der Waals surface area (Å²) in [5.41, 5.74) is 0.00404. The van der Waals surface area contributed by atoms with Crippen molar-refractivity contribution in [1.29, 1.82) is 0 Å². The average molecular weight is 745 g/mol. The molecule has 3 radical (unpaired) electrons. The van der Waals surface area contributed by atoms with E-state index in [1.54, 1.807) is 41.5 Å². The van der Waals surface area contributed by atoms with Gasteiger partial charge in [0.15, 0.2) is 5.78 Å². The van der Waals surface area contributed by atoms with E-state index in [1.807, 2.05) is 30.3 Å². The van der Waals surface area contributed by atoms with E-state index in [9.17, 15) is 36.7 Å². The number of halogens is 4. The largest absolute Gasteiger partial charge is 0.444 e. The Kier molecular flexibility index (Phi) is 18.2. The lowest BCUT2D eigenvalue weighted by Gasteiger charge is -2.25. The highest BCUT2D eigenvalue weighted by Gasteiger charge is 2.28. The van der Waals surface area contributed by atoms with E-state index in [0.29, 0.717) is 6.42 Å². The molecule has 0 spiro atoms. The monoisotopic (exact) mass is 744 g/mol. The predicted octanol–water partition coefficient (Wildman–Crippen LogP) is 6.64. The Bertz CT molecular complexity index is 1630. The Morgan fingerprint density at radius 2 is 1.06 bits per heavy atom. The van der Waals surface area contributed by atoms with Gasteiger partial charge in [-0.1, -0.05) is 30.3 Å². The van der Waals surface area contributed by atoms with Crippen molar-refractivity contribution >= 4 is 32.3 Å². The van der Waals surface area contributed by atoms with Crippen molar-refractivity contribution in [3.8, 4) is 0 Å². The molecular weight excluding hydrogens is 697 g/mol. The van der Waals surface area contributed by atoms with Crippen LogP contribution in [0.5, 0.6) is 0 Å². The fraction of sp³-hybridized carbons (Fsp3) is 0.421. The van der Waals surface area contributed by atoms with Crippen LogP contribution in [-0.4, -0.2) is 74.8 Å². The van der Waals surface area contributed by atoms with Gasteiger partial charge in [0.2, 0.25) is 0 Å². The van der Waals surface area contributed by atoms with Crippen LogP contribution >= 0.6 is 0 Å². The highest BCUT2D eigenvalue weighted by atomic mass is 19.1. The summed E-state index contributed by atoms with van der Waals surface area (Å²) in [6, 6.07) is 13.4. The SMILES string of the molecule is CC(C)(C)OC(=O)N[C@H](Cc1cc(F)cc(F)c1)C(=O)CCc1ccccc1.CON(C)C(=O)[C@@H](Cc1cc(F)cc(F)c1)NC(=O)OC(C)(C)C.[B]. The first-order valence-corrected chi connectivity index (χ1v) is 16.4. The standard InChI is InChI=1S/C22H25F2NO3.C16H22F2N2O4.B/c1-22(2,3)28-21(27)25-19(13-16-11-17(23)14-18(24)12-16)20(26)10-9-15-7-5-4-6-8-15;1-16(2,3)24-15(22)19-13(14(21)20(4)23-5)8-10-6-11(17)9-12(18)7-10;/h4-8,11-12,14,19H,9-10,13H2,1-3H3,(H,25,27);6-7,9,13H,8H2,1-5H3,(H,19,22);/t19-;13-;/m11./s1. The normalized spacial score (nSPS) is 12.2. The summed E-state index contributed by atoms with van der Waals surface area (Å²) in [6.07, 6.45) is -1.03. The maximum atomic E-state index is 13.5. The number of alkyl carbamates (subject to hydrolysis) is 2. The van der Waals surface area contributed by atoms with Crippen LogP contribution in [-0.2, 0) is 43.2 Å². The number of carbonyl (C=O) groups excluding carboxylic acids is 4. The van der Waals surface area contributed by atoms with Gasteiger partial charge in [-0.3, -0.25) is 14.4 Å². The summed E-state index contributed by atoms with van der Waals surface area (Å²) in [5, 5.41) is 5.85. The number of benzene rings is 3. The number of hydrogen-bond acceptors (Lipinski definition) is 7. The summed E-state index contributed by atoms with van der Waals surface area (Å²) < 4.78 is 64.0. The van der Waals surface area contributed by atoms with Crippen LogP contribution < -0.4 is 10.6 Å². The van der Waals surface area contributed by atoms with E-state index >= 15 is 0 Å². The van der Waals surface area contributed by atoms with E-state index in [1.165, 1.54) is 14.2 Å². The van der Waals surface area contributed by atoms with Gasteiger partial charge in [0, 0.05) is 46.9 Å². The summed E-state index contributed by atoms with van der Waals surface area (Å²) in [4.78, 5) is 53.9. The minimum atomic E-state index is -1.11. The van der Waals surface area contributed by atoms with Crippen LogP contribution in [0, 0.1) is 23.3 Å². The lowest BCUT2D eigenvalue weighted by Crippen LogP contribution is -2.49. The molecule has 2 atom stereocenters. The first-order chi connectivity index (χ1) is 24.1. The number of aryl methyl sites for hydroxylation is 1. The molecule has 3 rings (SSSR count). The molecule has 0 aliphatic rings. The second-order valence-electron chi connectivity index (χ2n) is 13.8. The van der Waals surface area contributed by atoms with Gasteiger partial charge < -0.3 is 20.1 Å². The Morgan fingerprint density at radius 1 is 0.660 bits per heavy atom. The van der Waals surface area contributed by atoms with Crippen LogP contribution in [0.15, 0.2) is 66.7 Å². The first-order valence-electron chi connectivity index (χ1n) is 16.4. The van der Waals surface area contributed by atoms with E-state index in [-0.39, 0.29) is 44.6 Å². The van der Waals surface area contributed by atoms with Crippen molar-refractivity contribution in [2.24, 2.45) is 0 Å². The minimum Gasteiger partial charge on any atom is -0.444 e. The van der Waals surface area contributed by atoms with Crippen molar-refractivity contribution < 1.29 is 51.1 Å². The summed E-state index contributed by atoms with van der Waals surface area (Å²) >= 11 is 0. The topological polar surface area (TPSA) is 123 Å². The molecule has 3 aromatic rings. The number of likely N-dealkylation sites (N-methyl/N-ethyl adjacent to an activating group) is 1. The molecule has 0 saturated carbocycles. The molecule has 3 aromatic carbocycles. The molecule has 15 heteroatoms. The second-order valence-corrected chi connectivity index (χ2v) is 13.8. The zero-order valence-corrected chi connectivity index (χ0v) is 31.2. The summed E-state index contributed by atoms with van der Waals surface area (Å²) in [5.74, 6) is -3.83. The molecule has 3 amide bonds. The Morgan fingerprint density at radius 3 is 1.45 bits per heavy atom. The maximum absolute atomic E-state index is 13.5. The lowest BCUT2D eigenvalue weighted by molar-refractivity contribution is -0.171. The zero-order chi connectivity index (χ0) is 39.2. The van der Waals surface area contributed by atoms with E-state index in [0.717, 1.165) is 47.0 Å². The Balaban J connectivity index is 0.000000527. The van der Waals surface area contributed by atoms with Crippen molar-refractivity contribution in [3.63, 3.8) is 0 Å². The van der Waals surface area contributed by atoms with Gasteiger partial charge in [-0.15, -0.1) is 0 Å². The predicted molar refractivity (Wildman–Crippen MR) is 192 cm³/mol. The van der Waals surface area contributed by atoms with Crippen LogP contribution in [0.1, 0.15) is 64.7 Å². The van der Waals surface area contributed by atoms with E-state index in [4.69, 9.17) is 14.3 Å². The number of rotatable bonds is 12. The zero-order valence-electron chi connectivity index (χ0n) is 31.2. The number of nitrogens with zero attached hydrogens (tertiary/aromatic N) is 1. The number of carbonyl (C=O) groups is 4. The van der Waals surface area contributed by atoms with Gasteiger partial charge in [-0.05, 0) is 88.9 Å². The molecule has 53 heavy (non-hydrogen) atoms. The van der Waals surface area contributed by atoms with Crippen LogP contribution in [0.3, 0.4) is 0 Å². The molecule has 0 saturated heterocycles. The molecule has 2 N–H and O–H groups in total. The van der Waals surface area contributed by atoms with Gasteiger partial charge in [0.1, 0.15) is 40.5 Å². The number of amides is 3. The first kappa shape index (κ1) is 46.1. The summed E-state index contributed by atoms with van der Waals surface area (Å²) in [7, 11) is 2.64. The number of hydroxylamine groups is 2. The van der Waals surface area contributed by atoms with E-state index in [2.05, 4.69) is 10.6 Å². The van der Waals surface area contributed by atoms with Crippen molar-refractivity contribution in [1.82, 2.24) is 15.7 Å². The molecule has 0 heterocycles. The van der Waals surface area contributed by atoms with Gasteiger partial charge in [-0.2, -0.15) is 0 Å². The highest BCUT2D eigenvalue weighted by Crippen LogP contribution is 2.15. The molecule has 0 unspecified atom stereocenters. The van der Waals surface area contributed by atoms with Crippen molar-refractivity contribution in [2.75, 3.05) is 14.2 Å². The van der Waals surface area contributed by atoms with E-state index < -0.39 is 64.6 Å². The number of hydrogen-bond donors (Lipinski definition) is 2. The third-order valence-electron chi connectivity index (χ3n) is 6.88. The van der Waals surface area contributed by atoms with Gasteiger partial charge in [0.25, 0.3) is 5.91 Å². The minimum absolute atomic E-state index is 0. The average Bonchev–Trinajstić information content (AvgIpc) is 3.00. The van der Waals surface area contributed by atoms with Crippen molar-refractivity contribution in [2.45, 2.75) is 90.5 Å². The molecular formula is C38H47BF4N3O7. The van der Waals surface area contributed by atoms with Crippen LogP contribution in [0.4, 0.5) is 27.2 Å². The molecule has 10 nitrogen and oxygen atoms in total. The molecule has 0 fully saturated rings. The van der Waals surface area contributed by atoms with Gasteiger partial charge >= 0.3 is 12.2 Å². The second kappa shape index (κ2) is 21.0. The van der Waals surface area contributed by atoms with Gasteiger partial charge in [-0.25, -0.2) is 32.2 Å². The maximum Gasteiger partial charge on any atom is 0.408 e. The number of nitrogens with one attached hydrogen (secondary N) is 2. The third kappa shape index (κ3) is 18.4. The number of ether oxygens (including phenoxy) is 2. The fourth-order valence-corrected chi connectivity index (χ4v) is 4.67. The third-order valence-corrected chi connectivity index (χ3v) is 6.88. The molecule has 0 aliphatic heterocycles. The van der Waals surface area contributed by atoms with Gasteiger partial charge in [0.05, 0.1) is 13.2 Å². The molecule has 287 valence electrons. The van der Waals surface area contributed by atoms with Crippen molar-refractivity contribution in [3.05, 3.63) is 107 Å². The smallest absolute Gasteiger partial charge is 0.408 e. The Hall–Kier alpha value is -4.92. The fourth-order valence-electron chi connectivity index (χ4n) is 4.67. The van der Waals surface area contributed by atoms with Crippen LogP contribution in [0.2, 0.25) is 0 Å². The molecule has 0 aliphatic carbocycles. The molecule has 0 bridgehead atoms. The quantitative estimate of drug-likeness (QED) is 0.121. The number of Topliss-reactive ketones (excluding diaryl/α,β-unsaturated/α-hetero) is 1. The number of ketones is 1. The Labute approximate surface area is 310 Å². The lowest BCUT2D eigenvalue weighted by atomic mass is 9.98. The summed E-state index contributed by atoms with van der Waals surface area (Å²) in [6.45, 7) is 10.1.